The van der Waals surface area contributed by atoms with Crippen LogP contribution in [0, 0.1) is 0 Å². The van der Waals surface area contributed by atoms with Crippen LogP contribution in [0.4, 0.5) is 5.69 Å². The minimum Gasteiger partial charge on any atom is -0.398 e. The van der Waals surface area contributed by atoms with Gasteiger partial charge in [-0.2, -0.15) is 17.4 Å². The van der Waals surface area contributed by atoms with Gasteiger partial charge in [0.15, 0.2) is 0 Å². The van der Waals surface area contributed by atoms with Gasteiger partial charge in [0, 0.05) is 32.4 Å². The van der Waals surface area contributed by atoms with Gasteiger partial charge in [0.2, 0.25) is 0 Å². The topological polar surface area (TPSA) is 84.7 Å². The van der Waals surface area contributed by atoms with E-state index in [0.717, 1.165) is 12.0 Å². The number of rotatable bonds is 9. The van der Waals surface area contributed by atoms with E-state index in [1.54, 1.807) is 6.07 Å². The van der Waals surface area contributed by atoms with Gasteiger partial charge >= 0.3 is 0 Å². The van der Waals surface area contributed by atoms with Crippen molar-refractivity contribution < 1.29 is 13.2 Å². The number of para-hydroxylation sites is 1. The number of benzene rings is 1. The summed E-state index contributed by atoms with van der Waals surface area (Å²) in [6, 6.07) is 7.28. The molecule has 1 rings (SSSR count). The summed E-state index contributed by atoms with van der Waals surface area (Å²) < 4.78 is 33.2. The molecular weight excluding hydrogens is 278 g/mol. The minimum atomic E-state index is -3.52. The average molecular weight is 301 g/mol. The molecule has 0 unspecified atom stereocenters. The second-order valence-corrected chi connectivity index (χ2v) is 6.18. The molecule has 0 aliphatic carbocycles. The number of nitrogens with one attached hydrogen (secondary N) is 1. The lowest BCUT2D eigenvalue weighted by molar-refractivity contribution is 0.203. The number of nitrogens with zero attached hydrogens (tertiary/aromatic N) is 1. The fourth-order valence-corrected chi connectivity index (χ4v) is 3.02. The highest BCUT2D eigenvalue weighted by molar-refractivity contribution is 7.87. The number of ether oxygens (including phenoxy) is 1. The lowest BCUT2D eigenvalue weighted by atomic mass is 10.2. The summed E-state index contributed by atoms with van der Waals surface area (Å²) in [5.41, 5.74) is 7.27. The summed E-state index contributed by atoms with van der Waals surface area (Å²) in [4.78, 5) is 0. The molecule has 0 heterocycles. The smallest absolute Gasteiger partial charge is 0.279 e. The molecule has 0 atom stereocenters. The van der Waals surface area contributed by atoms with E-state index in [0.29, 0.717) is 18.8 Å². The van der Waals surface area contributed by atoms with E-state index in [1.807, 2.05) is 25.1 Å². The van der Waals surface area contributed by atoms with Crippen molar-refractivity contribution in [1.82, 2.24) is 9.03 Å². The first-order valence-electron chi connectivity index (χ1n) is 6.58. The second-order valence-electron chi connectivity index (χ2n) is 4.42. The van der Waals surface area contributed by atoms with Crippen molar-refractivity contribution in [3.8, 4) is 0 Å². The van der Waals surface area contributed by atoms with Crippen LogP contribution in [0.3, 0.4) is 0 Å². The Balaban J connectivity index is 2.80. The van der Waals surface area contributed by atoms with Crippen LogP contribution in [0.25, 0.3) is 0 Å². The fourth-order valence-electron chi connectivity index (χ4n) is 1.77. The summed E-state index contributed by atoms with van der Waals surface area (Å²) in [7, 11) is -1.99. The number of nitrogens with two attached hydrogens (primary N) is 1. The van der Waals surface area contributed by atoms with Crippen LogP contribution in [-0.2, 0) is 21.5 Å². The molecule has 1 aromatic carbocycles. The molecule has 20 heavy (non-hydrogen) atoms. The SMILES string of the molecule is CCCN(Cc1ccccc1N)S(=O)(=O)NCCOC. The zero-order chi connectivity index (χ0) is 15.0. The summed E-state index contributed by atoms with van der Waals surface area (Å²) in [5, 5.41) is 0. The van der Waals surface area contributed by atoms with E-state index in [9.17, 15) is 8.42 Å². The van der Waals surface area contributed by atoms with E-state index < -0.39 is 10.2 Å². The molecule has 6 nitrogen and oxygen atoms in total. The second kappa shape index (κ2) is 8.21. The molecule has 0 aromatic heterocycles. The molecule has 0 aliphatic heterocycles. The van der Waals surface area contributed by atoms with Crippen LogP contribution >= 0.6 is 0 Å². The number of hydrogen-bond donors (Lipinski definition) is 2. The van der Waals surface area contributed by atoms with Gasteiger partial charge in [0.1, 0.15) is 0 Å². The van der Waals surface area contributed by atoms with E-state index >= 15 is 0 Å². The van der Waals surface area contributed by atoms with Crippen molar-refractivity contribution in [2.24, 2.45) is 0 Å². The summed E-state index contributed by atoms with van der Waals surface area (Å²) in [5.74, 6) is 0. The third kappa shape index (κ3) is 5.09. The molecule has 0 aliphatic rings. The highest BCUT2D eigenvalue weighted by Crippen LogP contribution is 2.15. The highest BCUT2D eigenvalue weighted by atomic mass is 32.2. The Hall–Kier alpha value is -1.15. The van der Waals surface area contributed by atoms with Crippen LogP contribution in [0.5, 0.6) is 0 Å². The maximum atomic E-state index is 12.2. The van der Waals surface area contributed by atoms with E-state index in [1.165, 1.54) is 11.4 Å². The largest absolute Gasteiger partial charge is 0.398 e. The predicted molar refractivity (Wildman–Crippen MR) is 80.4 cm³/mol. The molecule has 1 aromatic rings. The van der Waals surface area contributed by atoms with Gasteiger partial charge in [-0.25, -0.2) is 0 Å². The lowest BCUT2D eigenvalue weighted by Gasteiger charge is -2.22. The molecule has 0 spiro atoms. The maximum absolute atomic E-state index is 12.2. The first-order chi connectivity index (χ1) is 9.51. The van der Waals surface area contributed by atoms with Crippen molar-refractivity contribution >= 4 is 15.9 Å². The fraction of sp³-hybridized carbons (Fsp3) is 0.538. The van der Waals surface area contributed by atoms with Gasteiger partial charge in [0.25, 0.3) is 10.2 Å². The standard InChI is InChI=1S/C13H23N3O3S/c1-3-9-16(20(17,18)15-8-10-19-2)11-12-6-4-5-7-13(12)14/h4-7,15H,3,8-11,14H2,1-2H3. The molecule has 0 bridgehead atoms. The highest BCUT2D eigenvalue weighted by Gasteiger charge is 2.21. The van der Waals surface area contributed by atoms with Crippen LogP contribution in [0.1, 0.15) is 18.9 Å². The van der Waals surface area contributed by atoms with E-state index in [2.05, 4.69) is 4.72 Å². The quantitative estimate of drug-likeness (QED) is 0.525. The van der Waals surface area contributed by atoms with Crippen molar-refractivity contribution in [3.63, 3.8) is 0 Å². The molecule has 0 amide bonds. The zero-order valence-electron chi connectivity index (χ0n) is 12.0. The number of hydrogen-bond acceptors (Lipinski definition) is 4. The summed E-state index contributed by atoms with van der Waals surface area (Å²) >= 11 is 0. The zero-order valence-corrected chi connectivity index (χ0v) is 12.8. The Morgan fingerprint density at radius 2 is 2.05 bits per heavy atom. The van der Waals surface area contributed by atoms with E-state index in [-0.39, 0.29) is 13.1 Å². The Morgan fingerprint density at radius 3 is 2.65 bits per heavy atom. The predicted octanol–water partition coefficient (Wildman–Crippen LogP) is 0.962. The summed E-state index contributed by atoms with van der Waals surface area (Å²) in [6.45, 7) is 3.24. The van der Waals surface area contributed by atoms with Crippen LogP contribution in [-0.4, -0.2) is 39.5 Å². The third-order valence-corrected chi connectivity index (χ3v) is 4.37. The van der Waals surface area contributed by atoms with Gasteiger partial charge in [-0.3, -0.25) is 0 Å². The van der Waals surface area contributed by atoms with Crippen molar-refractivity contribution in [2.75, 3.05) is 32.5 Å². The molecule has 0 fully saturated rings. The Kier molecular flexibility index (Phi) is 6.94. The monoisotopic (exact) mass is 301 g/mol. The molecule has 0 saturated carbocycles. The lowest BCUT2D eigenvalue weighted by Crippen LogP contribution is -2.42. The number of anilines is 1. The first-order valence-corrected chi connectivity index (χ1v) is 8.02. The molecule has 0 radical (unpaired) electrons. The Morgan fingerprint density at radius 1 is 1.35 bits per heavy atom. The van der Waals surface area contributed by atoms with Gasteiger partial charge in [-0.05, 0) is 18.1 Å². The van der Waals surface area contributed by atoms with Crippen LogP contribution < -0.4 is 10.5 Å². The molecule has 114 valence electrons. The number of nitrogen functional groups attached to an aromatic ring is 1. The minimum absolute atomic E-state index is 0.253. The Bertz CT molecular complexity index is 505. The van der Waals surface area contributed by atoms with Gasteiger partial charge < -0.3 is 10.5 Å². The first kappa shape index (κ1) is 16.9. The Labute approximate surface area is 121 Å². The van der Waals surface area contributed by atoms with Crippen molar-refractivity contribution in [1.29, 1.82) is 0 Å². The van der Waals surface area contributed by atoms with Gasteiger partial charge in [-0.1, -0.05) is 25.1 Å². The maximum Gasteiger partial charge on any atom is 0.279 e. The molecule has 7 heteroatoms. The van der Waals surface area contributed by atoms with Crippen molar-refractivity contribution in [3.05, 3.63) is 29.8 Å². The molecule has 0 saturated heterocycles. The molecular formula is C13H23N3O3S. The number of methoxy groups -OCH3 is 1. The summed E-state index contributed by atoms with van der Waals surface area (Å²) in [6.07, 6.45) is 0.734. The van der Waals surface area contributed by atoms with Gasteiger partial charge in [-0.15, -0.1) is 0 Å². The van der Waals surface area contributed by atoms with Gasteiger partial charge in [0.05, 0.1) is 6.61 Å². The van der Waals surface area contributed by atoms with Crippen molar-refractivity contribution in [2.45, 2.75) is 19.9 Å². The van der Waals surface area contributed by atoms with Crippen LogP contribution in [0.2, 0.25) is 0 Å². The van der Waals surface area contributed by atoms with E-state index in [4.69, 9.17) is 10.5 Å². The molecule has 3 N–H and O–H groups in total. The third-order valence-electron chi connectivity index (χ3n) is 2.81. The normalized spacial score (nSPS) is 11.9. The average Bonchev–Trinajstić information content (AvgIpc) is 2.40. The van der Waals surface area contributed by atoms with Crippen LogP contribution in [0.15, 0.2) is 24.3 Å².